The number of halogens is 1. The Morgan fingerprint density at radius 1 is 1.19 bits per heavy atom. The van der Waals surface area contributed by atoms with Crippen molar-refractivity contribution >= 4 is 33.8 Å². The van der Waals surface area contributed by atoms with Gasteiger partial charge in [0.15, 0.2) is 0 Å². The van der Waals surface area contributed by atoms with E-state index in [0.717, 1.165) is 10.9 Å². The third kappa shape index (κ3) is 8.17. The van der Waals surface area contributed by atoms with Gasteiger partial charge in [-0.3, -0.25) is 4.90 Å². The van der Waals surface area contributed by atoms with Crippen LogP contribution in [0.15, 0.2) is 67.9 Å². The van der Waals surface area contributed by atoms with E-state index in [1.54, 1.807) is 16.7 Å². The number of hydrogen-bond donors (Lipinski definition) is 0. The number of allylic oxidation sites excluding steroid dienone is 3. The van der Waals surface area contributed by atoms with Gasteiger partial charge in [0.1, 0.15) is 5.60 Å². The Labute approximate surface area is 200 Å². The number of hydrogen-bond acceptors (Lipinski definition) is 4. The van der Waals surface area contributed by atoms with Crippen LogP contribution in [0.3, 0.4) is 0 Å². The van der Waals surface area contributed by atoms with E-state index >= 15 is 0 Å². The average Bonchev–Trinajstić information content (AvgIpc) is 2.82. The van der Waals surface area contributed by atoms with Crippen molar-refractivity contribution in [3.8, 4) is 0 Å². The fourth-order valence-electron chi connectivity index (χ4n) is 3.19. The van der Waals surface area contributed by atoms with Crippen molar-refractivity contribution in [2.24, 2.45) is 0 Å². The van der Waals surface area contributed by atoms with Crippen molar-refractivity contribution in [2.45, 2.75) is 57.6 Å². The molecule has 0 fully saturated rings. The van der Waals surface area contributed by atoms with Gasteiger partial charge >= 0.3 is 6.09 Å². The van der Waals surface area contributed by atoms with E-state index in [1.165, 1.54) is 20.9 Å². The van der Waals surface area contributed by atoms with Crippen LogP contribution < -0.4 is 0 Å². The minimum Gasteiger partial charge on any atom is -0.444 e. The molecule has 1 atom stereocenters. The zero-order valence-corrected chi connectivity index (χ0v) is 22.1. The van der Waals surface area contributed by atoms with E-state index in [-0.39, 0.29) is 12.1 Å². The first kappa shape index (κ1) is 25.8. The largest absolute Gasteiger partial charge is 0.444 e. The fraction of sp³-hybridized carbons (Fsp3) is 0.480. The second-order valence-electron chi connectivity index (χ2n) is 8.89. The maximum Gasteiger partial charge on any atom is 0.410 e. The zero-order valence-electron chi connectivity index (χ0n) is 19.7. The van der Waals surface area contributed by atoms with Crippen LogP contribution in [0.4, 0.5) is 4.79 Å². The van der Waals surface area contributed by atoms with Crippen LogP contribution in [0, 0.1) is 0 Å². The highest BCUT2D eigenvalue weighted by atomic mass is 79.9. The van der Waals surface area contributed by atoms with Crippen molar-refractivity contribution in [1.82, 2.24) is 9.80 Å². The molecule has 2 rings (SSSR count). The van der Waals surface area contributed by atoms with Crippen LogP contribution in [0.25, 0.3) is 0 Å². The molecule has 170 valence electrons. The molecule has 0 bridgehead atoms. The zero-order chi connectivity index (χ0) is 23.2. The molecule has 1 aliphatic carbocycles. The molecule has 6 heteroatoms. The SMILES string of the molecule is CCN(CCC1=C(C)C=CC(N(C)C)C(Sc2ccc(Br)cc2)=C1)C(=O)OC(C)(C)C. The van der Waals surface area contributed by atoms with Gasteiger partial charge in [0.05, 0.1) is 6.04 Å². The van der Waals surface area contributed by atoms with Gasteiger partial charge in [-0.25, -0.2) is 4.79 Å². The van der Waals surface area contributed by atoms with Crippen molar-refractivity contribution in [1.29, 1.82) is 0 Å². The summed E-state index contributed by atoms with van der Waals surface area (Å²) in [6.45, 7) is 11.1. The summed E-state index contributed by atoms with van der Waals surface area (Å²) in [6, 6.07) is 8.61. The molecule has 0 aromatic heterocycles. The number of carbonyl (C=O) groups excluding carboxylic acids is 1. The molecule has 0 spiro atoms. The summed E-state index contributed by atoms with van der Waals surface area (Å²) in [5.74, 6) is 0. The number of ether oxygens (including phenoxy) is 1. The predicted octanol–water partition coefficient (Wildman–Crippen LogP) is 6.89. The Balaban J connectivity index is 2.23. The van der Waals surface area contributed by atoms with Crippen molar-refractivity contribution < 1.29 is 9.53 Å². The highest BCUT2D eigenvalue weighted by Crippen LogP contribution is 2.35. The molecule has 4 nitrogen and oxygen atoms in total. The highest BCUT2D eigenvalue weighted by molar-refractivity contribution is 9.10. The number of thioether (sulfide) groups is 1. The number of carbonyl (C=O) groups is 1. The van der Waals surface area contributed by atoms with Gasteiger partial charge in [-0.1, -0.05) is 39.8 Å². The number of amides is 1. The van der Waals surface area contributed by atoms with E-state index in [9.17, 15) is 4.79 Å². The van der Waals surface area contributed by atoms with Crippen LogP contribution in [0.1, 0.15) is 41.0 Å². The van der Waals surface area contributed by atoms with E-state index in [4.69, 9.17) is 4.74 Å². The number of benzene rings is 1. The molecule has 31 heavy (non-hydrogen) atoms. The molecular weight excluding hydrogens is 472 g/mol. The summed E-state index contributed by atoms with van der Waals surface area (Å²) in [5.41, 5.74) is 2.00. The Hall–Kier alpha value is -1.50. The quantitative estimate of drug-likeness (QED) is 0.403. The normalized spacial score (nSPS) is 16.9. The summed E-state index contributed by atoms with van der Waals surface area (Å²) < 4.78 is 6.65. The summed E-state index contributed by atoms with van der Waals surface area (Å²) in [6.07, 6.45) is 7.29. The third-order valence-electron chi connectivity index (χ3n) is 4.93. The Kier molecular flexibility index (Phi) is 9.46. The molecule has 1 amide bonds. The van der Waals surface area contributed by atoms with Crippen LogP contribution in [0.5, 0.6) is 0 Å². The second-order valence-corrected chi connectivity index (χ2v) is 11.0. The first-order valence-electron chi connectivity index (χ1n) is 10.7. The van der Waals surface area contributed by atoms with E-state index in [0.29, 0.717) is 13.1 Å². The summed E-state index contributed by atoms with van der Waals surface area (Å²) in [7, 11) is 4.21. The van der Waals surface area contributed by atoms with E-state index in [1.807, 2.05) is 27.7 Å². The minimum atomic E-state index is -0.488. The van der Waals surface area contributed by atoms with Gasteiger partial charge in [-0.2, -0.15) is 0 Å². The molecule has 1 unspecified atom stereocenters. The van der Waals surface area contributed by atoms with Crippen molar-refractivity contribution in [3.63, 3.8) is 0 Å². The monoisotopic (exact) mass is 506 g/mol. The first-order valence-corrected chi connectivity index (χ1v) is 12.3. The molecule has 0 saturated heterocycles. The predicted molar refractivity (Wildman–Crippen MR) is 135 cm³/mol. The maximum absolute atomic E-state index is 12.5. The lowest BCUT2D eigenvalue weighted by molar-refractivity contribution is 0.0262. The van der Waals surface area contributed by atoms with Gasteiger partial charge in [0, 0.05) is 27.4 Å². The van der Waals surface area contributed by atoms with Crippen LogP contribution >= 0.6 is 27.7 Å². The van der Waals surface area contributed by atoms with Gasteiger partial charge < -0.3 is 9.64 Å². The average molecular weight is 508 g/mol. The maximum atomic E-state index is 12.5. The number of nitrogens with zero attached hydrogens (tertiary/aromatic N) is 2. The van der Waals surface area contributed by atoms with E-state index < -0.39 is 5.60 Å². The lowest BCUT2D eigenvalue weighted by atomic mass is 10.1. The molecule has 0 radical (unpaired) electrons. The standard InChI is InChI=1S/C25H35BrN2O2S/c1-8-28(24(29)30-25(3,4)5)16-15-19-17-23(22(27(6)7)14-9-18(19)2)31-21-12-10-20(26)11-13-21/h9-14,17,22H,8,15-16H2,1-7H3. The first-order chi connectivity index (χ1) is 14.5. The number of rotatable bonds is 7. The Morgan fingerprint density at radius 3 is 2.39 bits per heavy atom. The van der Waals surface area contributed by atoms with Gasteiger partial charge in [-0.05, 0) is 96.6 Å². The molecule has 1 aromatic carbocycles. The van der Waals surface area contributed by atoms with Crippen molar-refractivity contribution in [2.75, 3.05) is 27.2 Å². The second kappa shape index (κ2) is 11.4. The summed E-state index contributed by atoms with van der Waals surface area (Å²) >= 11 is 5.30. The summed E-state index contributed by atoms with van der Waals surface area (Å²) in [5, 5.41) is 0. The molecular formula is C25H35BrN2O2S. The lowest BCUT2D eigenvalue weighted by Gasteiger charge is -2.27. The molecule has 0 saturated carbocycles. The van der Waals surface area contributed by atoms with Gasteiger partial charge in [-0.15, -0.1) is 0 Å². The molecule has 1 aromatic rings. The van der Waals surface area contributed by atoms with Gasteiger partial charge in [0.2, 0.25) is 0 Å². The molecule has 0 heterocycles. The van der Waals surface area contributed by atoms with Crippen LogP contribution in [0.2, 0.25) is 0 Å². The lowest BCUT2D eigenvalue weighted by Crippen LogP contribution is -2.37. The fourth-order valence-corrected chi connectivity index (χ4v) is 4.61. The topological polar surface area (TPSA) is 32.8 Å². The Bertz CT molecular complexity index is 851. The van der Waals surface area contributed by atoms with Crippen molar-refractivity contribution in [3.05, 3.63) is 63.0 Å². The number of likely N-dealkylation sites (N-methyl/N-ethyl adjacent to an activating group) is 1. The summed E-state index contributed by atoms with van der Waals surface area (Å²) in [4.78, 5) is 19.0. The molecule has 0 aliphatic heterocycles. The van der Waals surface area contributed by atoms with Gasteiger partial charge in [0.25, 0.3) is 0 Å². The molecule has 1 aliphatic rings. The molecule has 0 N–H and O–H groups in total. The van der Waals surface area contributed by atoms with Crippen LogP contribution in [-0.4, -0.2) is 54.7 Å². The van der Waals surface area contributed by atoms with E-state index in [2.05, 4.69) is 84.3 Å². The highest BCUT2D eigenvalue weighted by Gasteiger charge is 2.22. The Morgan fingerprint density at radius 2 is 1.84 bits per heavy atom. The van der Waals surface area contributed by atoms with Crippen LogP contribution in [-0.2, 0) is 4.74 Å². The smallest absolute Gasteiger partial charge is 0.410 e. The third-order valence-corrected chi connectivity index (χ3v) is 6.56. The minimum absolute atomic E-state index is 0.203.